The second-order valence-corrected chi connectivity index (χ2v) is 8.43. The number of Topliss-reactive ketones (excluding diaryl/α,β-unsaturated/α-hetero) is 2. The van der Waals surface area contributed by atoms with Gasteiger partial charge in [0.25, 0.3) is 0 Å². The molecule has 0 saturated heterocycles. The van der Waals surface area contributed by atoms with Crippen LogP contribution in [0.25, 0.3) is 0 Å². The predicted octanol–water partition coefficient (Wildman–Crippen LogP) is 5.14. The van der Waals surface area contributed by atoms with E-state index in [4.69, 9.17) is 0 Å². The fourth-order valence-electron chi connectivity index (χ4n) is 3.27. The number of hydrogen-bond acceptors (Lipinski definition) is 2. The van der Waals surface area contributed by atoms with Crippen molar-refractivity contribution in [1.82, 2.24) is 0 Å². The van der Waals surface area contributed by atoms with Crippen molar-refractivity contribution >= 4 is 11.6 Å². The second kappa shape index (κ2) is 5.79. The van der Waals surface area contributed by atoms with Gasteiger partial charge in [0.15, 0.2) is 0 Å². The minimum absolute atomic E-state index is 0.0405. The van der Waals surface area contributed by atoms with Gasteiger partial charge in [-0.3, -0.25) is 9.59 Å². The summed E-state index contributed by atoms with van der Waals surface area (Å²) in [5.41, 5.74) is -0.238. The Bertz CT molecular complexity index is 474. The van der Waals surface area contributed by atoms with Crippen LogP contribution in [0, 0.1) is 21.7 Å². The molecule has 124 valence electrons. The van der Waals surface area contributed by atoms with Gasteiger partial charge in [-0.1, -0.05) is 65.8 Å². The van der Waals surface area contributed by atoms with Gasteiger partial charge in [0.2, 0.25) is 0 Å². The number of allylic oxidation sites excluding steroid dienone is 4. The minimum atomic E-state index is -0.160. The standard InChI is InChI=1S/2C10H16O/c2*1-8(11)10(4)7-5-6-9(10,2)3/h2*5-6H,7H2,1-4H3/t2*10-/m10/s1. The minimum Gasteiger partial charge on any atom is -0.299 e. The van der Waals surface area contributed by atoms with Crippen molar-refractivity contribution in [3.63, 3.8) is 0 Å². The first-order chi connectivity index (χ1) is 9.80. The third-order valence-electron chi connectivity index (χ3n) is 6.52. The zero-order valence-electron chi connectivity index (χ0n) is 15.5. The van der Waals surface area contributed by atoms with Crippen LogP contribution in [0.2, 0.25) is 0 Å². The molecule has 2 aliphatic carbocycles. The number of carbonyl (C=O) groups excluding carboxylic acids is 2. The highest BCUT2D eigenvalue weighted by molar-refractivity contribution is 5.84. The molecule has 0 spiro atoms. The van der Waals surface area contributed by atoms with Crippen LogP contribution in [0.5, 0.6) is 0 Å². The number of rotatable bonds is 2. The number of ketones is 2. The van der Waals surface area contributed by atoms with E-state index in [1.54, 1.807) is 13.8 Å². The Hall–Kier alpha value is -1.18. The van der Waals surface area contributed by atoms with Gasteiger partial charge in [-0.15, -0.1) is 0 Å². The largest absolute Gasteiger partial charge is 0.299 e. The molecule has 0 aliphatic heterocycles. The molecule has 2 aliphatic rings. The monoisotopic (exact) mass is 304 g/mol. The molecule has 0 unspecified atom stereocenters. The van der Waals surface area contributed by atoms with Gasteiger partial charge < -0.3 is 0 Å². The molecule has 0 aromatic carbocycles. The molecule has 2 nitrogen and oxygen atoms in total. The van der Waals surface area contributed by atoms with Crippen LogP contribution in [0.3, 0.4) is 0 Å². The first kappa shape index (κ1) is 18.9. The summed E-state index contributed by atoms with van der Waals surface area (Å²) in [6, 6.07) is 0. The third-order valence-corrected chi connectivity index (χ3v) is 6.52. The maximum atomic E-state index is 11.3. The molecule has 2 heteroatoms. The Morgan fingerprint density at radius 1 is 0.682 bits per heavy atom. The fraction of sp³-hybridized carbons (Fsp3) is 0.700. The van der Waals surface area contributed by atoms with Crippen molar-refractivity contribution in [3.8, 4) is 0 Å². The zero-order chi connectivity index (χ0) is 17.4. The smallest absolute Gasteiger partial charge is 0.136 e. The molecule has 0 N–H and O–H groups in total. The quantitative estimate of drug-likeness (QED) is 0.662. The fourth-order valence-corrected chi connectivity index (χ4v) is 3.27. The molecule has 0 aromatic heterocycles. The summed E-state index contributed by atoms with van der Waals surface area (Å²) < 4.78 is 0. The van der Waals surface area contributed by atoms with Crippen LogP contribution < -0.4 is 0 Å². The highest BCUT2D eigenvalue weighted by Crippen LogP contribution is 2.49. The number of hydrogen-bond donors (Lipinski definition) is 0. The lowest BCUT2D eigenvalue weighted by Crippen LogP contribution is -2.36. The van der Waals surface area contributed by atoms with E-state index in [1.807, 2.05) is 0 Å². The Morgan fingerprint density at radius 3 is 1.05 bits per heavy atom. The van der Waals surface area contributed by atoms with Crippen molar-refractivity contribution in [2.75, 3.05) is 0 Å². The first-order valence-corrected chi connectivity index (χ1v) is 8.18. The average molecular weight is 304 g/mol. The zero-order valence-corrected chi connectivity index (χ0v) is 15.5. The molecule has 0 aromatic rings. The lowest BCUT2D eigenvalue weighted by Gasteiger charge is -2.35. The highest BCUT2D eigenvalue weighted by Gasteiger charge is 2.46. The van der Waals surface area contributed by atoms with Crippen molar-refractivity contribution in [1.29, 1.82) is 0 Å². The summed E-state index contributed by atoms with van der Waals surface area (Å²) in [5.74, 6) is 0.597. The molecule has 0 bridgehead atoms. The van der Waals surface area contributed by atoms with Gasteiger partial charge in [0, 0.05) is 10.8 Å². The van der Waals surface area contributed by atoms with Crippen LogP contribution in [-0.2, 0) is 9.59 Å². The summed E-state index contributed by atoms with van der Waals surface area (Å²) in [4.78, 5) is 22.7. The molecule has 2 rings (SSSR count). The Balaban J connectivity index is 0.000000220. The molecule has 22 heavy (non-hydrogen) atoms. The van der Waals surface area contributed by atoms with Gasteiger partial charge >= 0.3 is 0 Å². The Morgan fingerprint density at radius 2 is 0.955 bits per heavy atom. The van der Waals surface area contributed by atoms with E-state index in [0.29, 0.717) is 11.6 Å². The van der Waals surface area contributed by atoms with Crippen molar-refractivity contribution < 1.29 is 9.59 Å². The van der Waals surface area contributed by atoms with Crippen molar-refractivity contribution in [2.45, 2.75) is 68.2 Å². The van der Waals surface area contributed by atoms with Gasteiger partial charge in [-0.25, -0.2) is 0 Å². The Kier molecular flexibility index (Phi) is 4.97. The lowest BCUT2D eigenvalue weighted by atomic mass is 9.67. The van der Waals surface area contributed by atoms with E-state index in [2.05, 4.69) is 65.8 Å². The summed E-state index contributed by atoms with van der Waals surface area (Å²) >= 11 is 0. The summed E-state index contributed by atoms with van der Waals surface area (Å²) in [5, 5.41) is 0. The molecule has 0 fully saturated rings. The summed E-state index contributed by atoms with van der Waals surface area (Å²) in [7, 11) is 0. The SMILES string of the molecule is CC(=O)[C@@]1(C)CC=CC1(C)C.CC(=O)[C@]1(C)CC=CC1(C)C. The first-order valence-electron chi connectivity index (χ1n) is 8.18. The highest BCUT2D eigenvalue weighted by atomic mass is 16.1. The topological polar surface area (TPSA) is 34.1 Å². The molecule has 0 heterocycles. The predicted molar refractivity (Wildman–Crippen MR) is 92.7 cm³/mol. The molecular weight excluding hydrogens is 272 g/mol. The van der Waals surface area contributed by atoms with Crippen molar-refractivity contribution in [3.05, 3.63) is 24.3 Å². The molecule has 0 radical (unpaired) electrons. The van der Waals surface area contributed by atoms with Crippen LogP contribution in [-0.4, -0.2) is 11.6 Å². The van der Waals surface area contributed by atoms with E-state index < -0.39 is 0 Å². The van der Waals surface area contributed by atoms with Gasteiger partial charge in [0.1, 0.15) is 11.6 Å². The van der Waals surface area contributed by atoms with Crippen molar-refractivity contribution in [2.24, 2.45) is 21.7 Å². The molecule has 0 amide bonds. The summed E-state index contributed by atoms with van der Waals surface area (Å²) in [6.45, 7) is 16.0. The van der Waals surface area contributed by atoms with E-state index in [-0.39, 0.29) is 21.7 Å². The molecule has 0 saturated carbocycles. The van der Waals surface area contributed by atoms with E-state index >= 15 is 0 Å². The van der Waals surface area contributed by atoms with Gasteiger partial charge in [-0.2, -0.15) is 0 Å². The van der Waals surface area contributed by atoms with E-state index in [9.17, 15) is 9.59 Å². The van der Waals surface area contributed by atoms with Crippen LogP contribution in [0.4, 0.5) is 0 Å². The van der Waals surface area contributed by atoms with Gasteiger partial charge in [-0.05, 0) is 37.5 Å². The lowest BCUT2D eigenvalue weighted by molar-refractivity contribution is -0.130. The summed E-state index contributed by atoms with van der Waals surface area (Å²) in [6.07, 6.45) is 10.3. The Labute approximate surface area is 136 Å². The van der Waals surface area contributed by atoms with Crippen LogP contribution in [0.1, 0.15) is 68.2 Å². The third kappa shape index (κ3) is 2.98. The van der Waals surface area contributed by atoms with Gasteiger partial charge in [0.05, 0.1) is 0 Å². The van der Waals surface area contributed by atoms with E-state index in [1.165, 1.54) is 0 Å². The maximum Gasteiger partial charge on any atom is 0.136 e. The van der Waals surface area contributed by atoms with Crippen LogP contribution >= 0.6 is 0 Å². The molecule has 2 atom stereocenters. The normalized spacial score (nSPS) is 34.2. The maximum absolute atomic E-state index is 11.3. The average Bonchev–Trinajstić information content (AvgIpc) is 2.79. The van der Waals surface area contributed by atoms with E-state index in [0.717, 1.165) is 12.8 Å². The number of carbonyl (C=O) groups is 2. The molecular formula is C20H32O2. The van der Waals surface area contributed by atoms with Crippen LogP contribution in [0.15, 0.2) is 24.3 Å². The second-order valence-electron chi connectivity index (χ2n) is 8.43.